The number of nitrogens with one attached hydrogen (secondary N) is 1. The molecule has 2 aromatic rings. The van der Waals surface area contributed by atoms with Crippen LogP contribution in [-0.2, 0) is 27.6 Å². The Morgan fingerprint density at radius 2 is 1.87 bits per heavy atom. The van der Waals surface area contributed by atoms with Crippen LogP contribution >= 0.6 is 0 Å². The Kier molecular flexibility index (Phi) is 4.09. The lowest BCUT2D eigenvalue weighted by Gasteiger charge is -2.10. The van der Waals surface area contributed by atoms with Gasteiger partial charge in [0.05, 0.1) is 17.6 Å². The number of hydrogen-bond acceptors (Lipinski definition) is 4. The van der Waals surface area contributed by atoms with Crippen LogP contribution in [-0.4, -0.2) is 21.5 Å². The summed E-state index contributed by atoms with van der Waals surface area (Å²) in [6.45, 7) is 0. The molecule has 0 atom stereocenters. The second kappa shape index (κ2) is 6.04. The van der Waals surface area contributed by atoms with Crippen LogP contribution in [0, 0.1) is 0 Å². The highest BCUT2D eigenvalue weighted by Gasteiger charge is 2.18. The van der Waals surface area contributed by atoms with E-state index in [0.717, 1.165) is 19.3 Å². The first-order valence-electron chi connectivity index (χ1n) is 7.32. The van der Waals surface area contributed by atoms with Crippen LogP contribution in [0.3, 0.4) is 0 Å². The summed E-state index contributed by atoms with van der Waals surface area (Å²) in [6, 6.07) is 11.4. The van der Waals surface area contributed by atoms with Gasteiger partial charge in [0, 0.05) is 5.69 Å². The van der Waals surface area contributed by atoms with Gasteiger partial charge < -0.3 is 4.74 Å². The van der Waals surface area contributed by atoms with Gasteiger partial charge in [-0.2, -0.15) is 0 Å². The van der Waals surface area contributed by atoms with Crippen molar-refractivity contribution in [1.29, 1.82) is 0 Å². The second-order valence-electron chi connectivity index (χ2n) is 5.46. The van der Waals surface area contributed by atoms with E-state index in [1.54, 1.807) is 6.07 Å². The fraction of sp³-hybridized carbons (Fsp3) is 0.235. The van der Waals surface area contributed by atoms with Gasteiger partial charge in [-0.3, -0.25) is 4.72 Å². The molecule has 0 aromatic heterocycles. The number of hydrogen-bond donors (Lipinski definition) is 1. The molecule has 1 aliphatic carbocycles. The molecule has 0 unspecified atom stereocenters. The first-order valence-corrected chi connectivity index (χ1v) is 8.81. The number of rotatable bonds is 4. The molecule has 3 rings (SSSR count). The molecule has 0 amide bonds. The van der Waals surface area contributed by atoms with Gasteiger partial charge in [-0.1, -0.05) is 12.1 Å². The summed E-state index contributed by atoms with van der Waals surface area (Å²) in [5.41, 5.74) is 3.20. The number of carbonyl (C=O) groups excluding carboxylic acids is 1. The van der Waals surface area contributed by atoms with Gasteiger partial charge in [0.2, 0.25) is 0 Å². The van der Waals surface area contributed by atoms with E-state index in [1.807, 2.05) is 12.1 Å². The number of ether oxygens (including phenoxy) is 1. The lowest BCUT2D eigenvalue weighted by atomic mass is 10.1. The molecule has 0 saturated carbocycles. The second-order valence-corrected chi connectivity index (χ2v) is 7.14. The van der Waals surface area contributed by atoms with E-state index >= 15 is 0 Å². The molecule has 23 heavy (non-hydrogen) atoms. The topological polar surface area (TPSA) is 72.5 Å². The highest BCUT2D eigenvalue weighted by molar-refractivity contribution is 7.92. The smallest absolute Gasteiger partial charge is 0.337 e. The average Bonchev–Trinajstić information content (AvgIpc) is 3.01. The maximum atomic E-state index is 12.5. The van der Waals surface area contributed by atoms with Crippen LogP contribution in [0.2, 0.25) is 0 Å². The number of methoxy groups -OCH3 is 1. The van der Waals surface area contributed by atoms with E-state index in [2.05, 4.69) is 9.46 Å². The van der Waals surface area contributed by atoms with Crippen molar-refractivity contribution in [3.05, 3.63) is 59.2 Å². The Morgan fingerprint density at radius 1 is 1.09 bits per heavy atom. The summed E-state index contributed by atoms with van der Waals surface area (Å²) in [5.74, 6) is -0.570. The van der Waals surface area contributed by atoms with Crippen molar-refractivity contribution in [2.45, 2.75) is 24.2 Å². The van der Waals surface area contributed by atoms with Crippen molar-refractivity contribution >= 4 is 21.7 Å². The predicted octanol–water partition coefficient (Wildman–Crippen LogP) is 2.76. The van der Waals surface area contributed by atoms with Crippen molar-refractivity contribution < 1.29 is 17.9 Å². The number of fused-ring (bicyclic) bond motifs is 1. The van der Waals surface area contributed by atoms with E-state index < -0.39 is 16.0 Å². The van der Waals surface area contributed by atoms with E-state index in [4.69, 9.17) is 0 Å². The normalized spacial score (nSPS) is 13.4. The maximum Gasteiger partial charge on any atom is 0.337 e. The van der Waals surface area contributed by atoms with Crippen LogP contribution in [0.15, 0.2) is 47.4 Å². The van der Waals surface area contributed by atoms with E-state index in [9.17, 15) is 13.2 Å². The zero-order chi connectivity index (χ0) is 16.4. The number of carbonyl (C=O) groups is 1. The Hall–Kier alpha value is -2.34. The largest absolute Gasteiger partial charge is 0.465 e. The third kappa shape index (κ3) is 3.22. The zero-order valence-corrected chi connectivity index (χ0v) is 13.5. The van der Waals surface area contributed by atoms with Gasteiger partial charge in [-0.25, -0.2) is 13.2 Å². The molecule has 1 N–H and O–H groups in total. The number of aryl methyl sites for hydroxylation is 2. The van der Waals surface area contributed by atoms with Crippen LogP contribution in [0.4, 0.5) is 5.69 Å². The third-order valence-electron chi connectivity index (χ3n) is 3.92. The monoisotopic (exact) mass is 331 g/mol. The maximum absolute atomic E-state index is 12.5. The quantitative estimate of drug-likeness (QED) is 0.875. The van der Waals surface area contributed by atoms with Gasteiger partial charge >= 0.3 is 5.97 Å². The zero-order valence-electron chi connectivity index (χ0n) is 12.7. The van der Waals surface area contributed by atoms with E-state index in [1.165, 1.54) is 42.5 Å². The van der Waals surface area contributed by atoms with Gasteiger partial charge in [0.25, 0.3) is 10.0 Å². The molecule has 0 spiro atoms. The summed E-state index contributed by atoms with van der Waals surface area (Å²) in [6.07, 6.45) is 3.12. The summed E-state index contributed by atoms with van der Waals surface area (Å²) < 4.78 is 32.2. The Labute approximate surface area is 135 Å². The number of sulfonamides is 1. The molecule has 0 saturated heterocycles. The highest BCUT2D eigenvalue weighted by Crippen LogP contribution is 2.26. The van der Waals surface area contributed by atoms with Crippen LogP contribution in [0.1, 0.15) is 27.9 Å². The lowest BCUT2D eigenvalue weighted by Crippen LogP contribution is -2.14. The van der Waals surface area contributed by atoms with Crippen LogP contribution < -0.4 is 4.72 Å². The van der Waals surface area contributed by atoms with E-state index in [0.29, 0.717) is 5.69 Å². The van der Waals surface area contributed by atoms with Gasteiger partial charge in [-0.05, 0) is 60.7 Å². The third-order valence-corrected chi connectivity index (χ3v) is 5.30. The van der Waals surface area contributed by atoms with Crippen LogP contribution in [0.25, 0.3) is 0 Å². The minimum absolute atomic E-state index is 0.0286. The van der Waals surface area contributed by atoms with Crippen molar-refractivity contribution in [3.8, 4) is 0 Å². The first kappa shape index (κ1) is 15.6. The summed E-state index contributed by atoms with van der Waals surface area (Å²) in [4.78, 5) is 11.6. The summed E-state index contributed by atoms with van der Waals surface area (Å²) >= 11 is 0. The Morgan fingerprint density at radius 3 is 2.65 bits per heavy atom. The molecule has 2 aromatic carbocycles. The first-order chi connectivity index (χ1) is 11.0. The molecule has 0 radical (unpaired) electrons. The van der Waals surface area contributed by atoms with Crippen LogP contribution in [0.5, 0.6) is 0 Å². The molecular weight excluding hydrogens is 314 g/mol. The van der Waals surface area contributed by atoms with Crippen molar-refractivity contribution in [1.82, 2.24) is 0 Å². The standard InChI is InChI=1S/C17H17NO4S/c1-22-17(19)14-6-3-7-16(11-14)23(20,21)18-15-9-8-12-4-2-5-13(12)10-15/h3,6-11,18H,2,4-5H2,1H3. The summed E-state index contributed by atoms with van der Waals surface area (Å²) in [7, 11) is -2.50. The molecule has 0 aliphatic heterocycles. The predicted molar refractivity (Wildman–Crippen MR) is 87.1 cm³/mol. The molecule has 0 bridgehead atoms. The molecule has 120 valence electrons. The van der Waals surface area contributed by atoms with E-state index in [-0.39, 0.29) is 10.5 Å². The van der Waals surface area contributed by atoms with Crippen molar-refractivity contribution in [3.63, 3.8) is 0 Å². The van der Waals surface area contributed by atoms with Gasteiger partial charge in [-0.15, -0.1) is 0 Å². The number of esters is 1. The number of benzene rings is 2. The van der Waals surface area contributed by atoms with Gasteiger partial charge in [0.15, 0.2) is 0 Å². The number of anilines is 1. The summed E-state index contributed by atoms with van der Waals surface area (Å²) in [5, 5.41) is 0. The minimum Gasteiger partial charge on any atom is -0.465 e. The Balaban J connectivity index is 1.88. The molecule has 5 nitrogen and oxygen atoms in total. The SMILES string of the molecule is COC(=O)c1cccc(S(=O)(=O)Nc2ccc3c(c2)CCC3)c1. The van der Waals surface area contributed by atoms with Crippen molar-refractivity contribution in [2.75, 3.05) is 11.8 Å². The average molecular weight is 331 g/mol. The Bertz CT molecular complexity index is 859. The molecule has 1 aliphatic rings. The minimum atomic E-state index is -3.75. The van der Waals surface area contributed by atoms with Gasteiger partial charge in [0.1, 0.15) is 0 Å². The molecule has 6 heteroatoms. The highest BCUT2D eigenvalue weighted by atomic mass is 32.2. The van der Waals surface area contributed by atoms with Crippen molar-refractivity contribution in [2.24, 2.45) is 0 Å². The molecular formula is C17H17NO4S. The molecule has 0 heterocycles. The lowest BCUT2D eigenvalue weighted by molar-refractivity contribution is 0.0600. The molecule has 0 fully saturated rings. The fourth-order valence-electron chi connectivity index (χ4n) is 2.76. The fourth-order valence-corrected chi connectivity index (χ4v) is 3.85.